The molecule has 2 aromatic heterocycles. The van der Waals surface area contributed by atoms with Crippen molar-refractivity contribution in [3.63, 3.8) is 0 Å². The van der Waals surface area contributed by atoms with E-state index in [2.05, 4.69) is 9.97 Å². The zero-order valence-electron chi connectivity index (χ0n) is 18.2. The fraction of sp³-hybridized carbons (Fsp3) is 0.0833. The first kappa shape index (κ1) is 21.7. The molecular weight excluding hydrogens is 488 g/mol. The summed E-state index contributed by atoms with van der Waals surface area (Å²) in [5, 5.41) is 22.6. The first-order valence-electron chi connectivity index (χ1n) is 10.6. The number of aromatic nitrogens is 2. The molecule has 4 heterocycles. The van der Waals surface area contributed by atoms with Gasteiger partial charge in [-0.2, -0.15) is 0 Å². The Hall–Kier alpha value is -4.84. The summed E-state index contributed by atoms with van der Waals surface area (Å²) >= 11 is 1.02. The van der Waals surface area contributed by atoms with E-state index in [1.54, 1.807) is 30.3 Å². The van der Waals surface area contributed by atoms with Gasteiger partial charge in [0.05, 0.1) is 26.4 Å². The van der Waals surface area contributed by atoms with Crippen LogP contribution in [0.5, 0.6) is 11.5 Å². The number of ether oxygens (including phenoxy) is 2. The number of nitro benzene ring substituents is 1. The number of aliphatic hydroxyl groups excluding tert-OH is 1. The highest BCUT2D eigenvalue weighted by Crippen LogP contribution is 2.45. The molecule has 0 aliphatic carbocycles. The van der Waals surface area contributed by atoms with Gasteiger partial charge in [0.15, 0.2) is 16.6 Å². The van der Waals surface area contributed by atoms with E-state index in [-0.39, 0.29) is 28.7 Å². The number of ketones is 1. The number of hydrogen-bond acceptors (Lipinski definition) is 10. The molecule has 1 N–H and O–H groups in total. The molecule has 0 saturated carbocycles. The third-order valence-electron chi connectivity index (χ3n) is 5.84. The largest absolute Gasteiger partial charge is 0.507 e. The number of benzene rings is 2. The molecule has 36 heavy (non-hydrogen) atoms. The lowest BCUT2D eigenvalue weighted by Gasteiger charge is -2.21. The minimum atomic E-state index is -1.08. The first-order chi connectivity index (χ1) is 17.4. The van der Waals surface area contributed by atoms with Crippen molar-refractivity contribution in [3.05, 3.63) is 87.7 Å². The number of non-ortho nitro benzene ring substituents is 1. The maximum absolute atomic E-state index is 13.3. The topological polar surface area (TPSA) is 145 Å². The Bertz CT molecular complexity index is 1620. The third kappa shape index (κ3) is 3.34. The summed E-state index contributed by atoms with van der Waals surface area (Å²) in [4.78, 5) is 47.2. The Kier molecular flexibility index (Phi) is 4.90. The number of hydrogen-bond donors (Lipinski definition) is 1. The molecule has 2 aliphatic rings. The van der Waals surface area contributed by atoms with Gasteiger partial charge in [0.1, 0.15) is 11.8 Å². The van der Waals surface area contributed by atoms with Gasteiger partial charge in [0.2, 0.25) is 6.79 Å². The lowest BCUT2D eigenvalue weighted by Crippen LogP contribution is -2.29. The minimum Gasteiger partial charge on any atom is -0.507 e. The zero-order chi connectivity index (χ0) is 25.0. The summed E-state index contributed by atoms with van der Waals surface area (Å²) in [6, 6.07) is 12.8. The molecule has 1 amide bonds. The van der Waals surface area contributed by atoms with Crippen molar-refractivity contribution < 1.29 is 29.1 Å². The van der Waals surface area contributed by atoms with Crippen LogP contribution in [0.3, 0.4) is 0 Å². The molecule has 1 atom stereocenters. The molecule has 0 radical (unpaired) electrons. The Labute approximate surface area is 206 Å². The fourth-order valence-corrected chi connectivity index (χ4v) is 5.19. The van der Waals surface area contributed by atoms with Gasteiger partial charge in [-0.3, -0.25) is 29.6 Å². The van der Waals surface area contributed by atoms with E-state index in [0.29, 0.717) is 27.4 Å². The lowest BCUT2D eigenvalue weighted by atomic mass is 9.98. The number of thiazole rings is 1. The number of carbonyl (C=O) groups excluding carboxylic acids is 2. The number of nitrogens with zero attached hydrogens (tertiary/aromatic N) is 4. The molecule has 2 aromatic carbocycles. The van der Waals surface area contributed by atoms with Crippen LogP contribution in [0, 0.1) is 10.1 Å². The number of Topliss-reactive ketones (excluding diaryl/α,β-unsaturated/α-hetero) is 1. The lowest BCUT2D eigenvalue weighted by molar-refractivity contribution is -0.384. The average molecular weight is 502 g/mol. The number of anilines is 1. The smallest absolute Gasteiger partial charge is 0.301 e. The Morgan fingerprint density at radius 3 is 2.72 bits per heavy atom. The second-order valence-corrected chi connectivity index (χ2v) is 8.91. The van der Waals surface area contributed by atoms with Gasteiger partial charge in [0, 0.05) is 23.9 Å². The number of nitro groups is 1. The van der Waals surface area contributed by atoms with E-state index in [9.17, 15) is 24.8 Å². The molecular formula is C24H14N4O7S. The van der Waals surface area contributed by atoms with Crippen LogP contribution in [0.2, 0.25) is 0 Å². The Balaban J connectivity index is 1.53. The van der Waals surface area contributed by atoms with Crippen LogP contribution in [0.1, 0.15) is 17.3 Å². The van der Waals surface area contributed by atoms with Crippen LogP contribution in [0.4, 0.5) is 10.8 Å². The van der Waals surface area contributed by atoms with E-state index in [0.717, 1.165) is 11.3 Å². The van der Waals surface area contributed by atoms with E-state index in [1.807, 2.05) is 0 Å². The van der Waals surface area contributed by atoms with Crippen LogP contribution in [-0.2, 0) is 9.59 Å². The number of rotatable bonds is 4. The predicted molar refractivity (Wildman–Crippen MR) is 128 cm³/mol. The van der Waals surface area contributed by atoms with E-state index >= 15 is 0 Å². The van der Waals surface area contributed by atoms with E-state index in [1.165, 1.54) is 35.4 Å². The van der Waals surface area contributed by atoms with Gasteiger partial charge in [-0.25, -0.2) is 4.98 Å². The van der Waals surface area contributed by atoms with Gasteiger partial charge >= 0.3 is 5.91 Å². The van der Waals surface area contributed by atoms with Crippen LogP contribution >= 0.6 is 11.3 Å². The van der Waals surface area contributed by atoms with Crippen molar-refractivity contribution in [1.82, 2.24) is 9.97 Å². The summed E-state index contributed by atoms with van der Waals surface area (Å²) in [6.07, 6.45) is 1.51. The molecule has 4 aromatic rings. The summed E-state index contributed by atoms with van der Waals surface area (Å²) in [7, 11) is 0. The van der Waals surface area contributed by atoms with Gasteiger partial charge < -0.3 is 14.6 Å². The quantitative estimate of drug-likeness (QED) is 0.144. The number of amides is 1. The second kappa shape index (κ2) is 8.13. The van der Waals surface area contributed by atoms with Crippen LogP contribution in [-0.4, -0.2) is 38.5 Å². The first-order valence-corrected chi connectivity index (χ1v) is 11.4. The average Bonchev–Trinajstić information content (AvgIpc) is 3.59. The molecule has 1 fully saturated rings. The molecule has 6 rings (SSSR count). The van der Waals surface area contributed by atoms with Crippen LogP contribution in [0.15, 0.2) is 66.4 Å². The van der Waals surface area contributed by atoms with Gasteiger partial charge in [-0.15, -0.1) is 0 Å². The maximum Gasteiger partial charge on any atom is 0.301 e. The fourth-order valence-electron chi connectivity index (χ4n) is 4.16. The molecule has 178 valence electrons. The standard InChI is InChI=1S/C24H14N4O7S/c29-21(12-4-7-16-17(9-12)35-11-34-16)19-20(15-3-1-2-8-25-15)27(23(31)22(19)30)24-26-14-6-5-13(28(32)33)10-18(14)36-24/h1-10,20,29H,11H2/b21-19+. The molecule has 12 heteroatoms. The normalized spacial score (nSPS) is 18.2. The van der Waals surface area contributed by atoms with Crippen LogP contribution < -0.4 is 14.4 Å². The van der Waals surface area contributed by atoms with E-state index < -0.39 is 28.4 Å². The summed E-state index contributed by atoms with van der Waals surface area (Å²) in [5.41, 5.74) is 0.743. The molecule has 11 nitrogen and oxygen atoms in total. The number of carbonyl (C=O) groups is 2. The zero-order valence-corrected chi connectivity index (χ0v) is 19.0. The van der Waals surface area contributed by atoms with Crippen molar-refractivity contribution in [2.75, 3.05) is 11.7 Å². The molecule has 1 saturated heterocycles. The molecule has 2 aliphatic heterocycles. The Morgan fingerprint density at radius 1 is 1.11 bits per heavy atom. The summed E-state index contributed by atoms with van der Waals surface area (Å²) < 4.78 is 11.2. The van der Waals surface area contributed by atoms with E-state index in [4.69, 9.17) is 9.47 Å². The monoisotopic (exact) mass is 502 g/mol. The SMILES string of the molecule is O=C1C(=O)N(c2nc3ccc([N+](=O)[O-])cc3s2)C(c2ccccn2)/C1=C(\O)c1ccc2c(c1)OCO2. The maximum atomic E-state index is 13.3. The van der Waals surface area contributed by atoms with Gasteiger partial charge in [0.25, 0.3) is 11.5 Å². The summed E-state index contributed by atoms with van der Waals surface area (Å²) in [6.45, 7) is 0.0354. The minimum absolute atomic E-state index is 0.0354. The number of pyridine rings is 1. The van der Waals surface area contributed by atoms with Crippen molar-refractivity contribution in [3.8, 4) is 11.5 Å². The predicted octanol–water partition coefficient (Wildman–Crippen LogP) is 3.95. The van der Waals surface area contributed by atoms with Crippen molar-refractivity contribution in [2.24, 2.45) is 0 Å². The Morgan fingerprint density at radius 2 is 1.94 bits per heavy atom. The summed E-state index contributed by atoms with van der Waals surface area (Å²) in [5.74, 6) is -1.32. The third-order valence-corrected chi connectivity index (χ3v) is 6.85. The highest BCUT2D eigenvalue weighted by Gasteiger charge is 2.49. The highest BCUT2D eigenvalue weighted by molar-refractivity contribution is 7.22. The van der Waals surface area contributed by atoms with Crippen molar-refractivity contribution in [2.45, 2.75) is 6.04 Å². The van der Waals surface area contributed by atoms with Crippen molar-refractivity contribution >= 4 is 49.8 Å². The number of aliphatic hydroxyl groups is 1. The highest BCUT2D eigenvalue weighted by atomic mass is 32.1. The molecule has 0 bridgehead atoms. The second-order valence-electron chi connectivity index (χ2n) is 7.90. The van der Waals surface area contributed by atoms with Gasteiger partial charge in [-0.1, -0.05) is 17.4 Å². The van der Waals surface area contributed by atoms with Gasteiger partial charge in [-0.05, 0) is 36.4 Å². The molecule has 0 spiro atoms. The van der Waals surface area contributed by atoms with Crippen LogP contribution in [0.25, 0.3) is 16.0 Å². The number of fused-ring (bicyclic) bond motifs is 2. The van der Waals surface area contributed by atoms with Crippen molar-refractivity contribution in [1.29, 1.82) is 0 Å². The molecule has 1 unspecified atom stereocenters.